The molecule has 3 N–H and O–H groups in total. The molecule has 118 valence electrons. The maximum absolute atomic E-state index is 5.95. The molecule has 0 aromatic carbocycles. The third-order valence-corrected chi connectivity index (χ3v) is 5.15. The lowest BCUT2D eigenvalue weighted by molar-refractivity contribution is -0.0360. The van der Waals surface area contributed by atoms with Gasteiger partial charge in [-0.1, -0.05) is 12.8 Å². The van der Waals surface area contributed by atoms with Crippen LogP contribution >= 0.6 is 0 Å². The molecule has 1 unspecified atom stereocenters. The summed E-state index contributed by atoms with van der Waals surface area (Å²) in [5.41, 5.74) is 3.21. The third kappa shape index (κ3) is 2.83. The lowest BCUT2D eigenvalue weighted by Crippen LogP contribution is -2.64. The monoisotopic (exact) mass is 294 g/mol. The number of nitrogens with one attached hydrogen (secondary N) is 1. The second-order valence-corrected chi connectivity index (χ2v) is 6.13. The molecule has 1 saturated heterocycles. The van der Waals surface area contributed by atoms with E-state index in [1.807, 2.05) is 11.7 Å². The van der Waals surface area contributed by atoms with Gasteiger partial charge < -0.3 is 4.74 Å². The zero-order chi connectivity index (χ0) is 14.7. The number of nitrogens with two attached hydrogens (primary N) is 1. The molecule has 0 bridgehead atoms. The number of morpholine rings is 1. The SMILES string of the molecule is Cn1ncnc1CC(NN)C1(N2CCOCC2)CCCC1. The van der Waals surface area contributed by atoms with Crippen molar-refractivity contribution in [1.82, 2.24) is 25.1 Å². The second kappa shape index (κ2) is 6.39. The summed E-state index contributed by atoms with van der Waals surface area (Å²) in [6.07, 6.45) is 7.35. The van der Waals surface area contributed by atoms with Gasteiger partial charge in [0.05, 0.1) is 13.2 Å². The number of aryl methyl sites for hydroxylation is 1. The maximum Gasteiger partial charge on any atom is 0.138 e. The Hall–Kier alpha value is -1.02. The van der Waals surface area contributed by atoms with Crippen LogP contribution in [0.4, 0.5) is 0 Å². The van der Waals surface area contributed by atoms with Crippen molar-refractivity contribution in [3.63, 3.8) is 0 Å². The van der Waals surface area contributed by atoms with Crippen LogP contribution in [0.3, 0.4) is 0 Å². The quantitative estimate of drug-likeness (QED) is 0.580. The number of hydrazine groups is 1. The molecule has 1 aliphatic heterocycles. The molecule has 2 fully saturated rings. The first-order valence-electron chi connectivity index (χ1n) is 7.88. The van der Waals surface area contributed by atoms with E-state index in [-0.39, 0.29) is 11.6 Å². The van der Waals surface area contributed by atoms with Gasteiger partial charge in [-0.15, -0.1) is 0 Å². The van der Waals surface area contributed by atoms with Crippen molar-refractivity contribution in [3.8, 4) is 0 Å². The summed E-state index contributed by atoms with van der Waals surface area (Å²) in [6, 6.07) is 0.195. The van der Waals surface area contributed by atoms with Crippen LogP contribution in [-0.4, -0.2) is 57.5 Å². The Balaban J connectivity index is 1.81. The Morgan fingerprint density at radius 2 is 2.10 bits per heavy atom. The van der Waals surface area contributed by atoms with Crippen LogP contribution in [0.1, 0.15) is 31.5 Å². The fraction of sp³-hybridized carbons (Fsp3) is 0.857. The fourth-order valence-corrected chi connectivity index (χ4v) is 3.97. The molecule has 2 heterocycles. The van der Waals surface area contributed by atoms with Gasteiger partial charge in [-0.25, -0.2) is 4.98 Å². The molecule has 7 nitrogen and oxygen atoms in total. The van der Waals surface area contributed by atoms with E-state index in [1.165, 1.54) is 25.7 Å². The Morgan fingerprint density at radius 3 is 2.67 bits per heavy atom. The van der Waals surface area contributed by atoms with Gasteiger partial charge in [-0.05, 0) is 12.8 Å². The van der Waals surface area contributed by atoms with Crippen molar-refractivity contribution in [2.24, 2.45) is 12.9 Å². The summed E-state index contributed by atoms with van der Waals surface area (Å²) in [4.78, 5) is 6.95. The van der Waals surface area contributed by atoms with E-state index in [2.05, 4.69) is 20.4 Å². The van der Waals surface area contributed by atoms with Crippen LogP contribution in [0.2, 0.25) is 0 Å². The van der Waals surface area contributed by atoms with Gasteiger partial charge in [0, 0.05) is 38.1 Å². The minimum atomic E-state index is 0.129. The van der Waals surface area contributed by atoms with E-state index < -0.39 is 0 Å². The molecule has 1 aromatic heterocycles. The van der Waals surface area contributed by atoms with Gasteiger partial charge in [0.25, 0.3) is 0 Å². The lowest BCUT2D eigenvalue weighted by atomic mass is 9.84. The topological polar surface area (TPSA) is 81.2 Å². The minimum absolute atomic E-state index is 0.129. The van der Waals surface area contributed by atoms with Gasteiger partial charge in [-0.3, -0.25) is 20.9 Å². The summed E-state index contributed by atoms with van der Waals surface area (Å²) in [7, 11) is 1.94. The molecule has 0 radical (unpaired) electrons. The smallest absolute Gasteiger partial charge is 0.138 e. The van der Waals surface area contributed by atoms with Crippen molar-refractivity contribution in [1.29, 1.82) is 0 Å². The van der Waals surface area contributed by atoms with Gasteiger partial charge in [-0.2, -0.15) is 5.10 Å². The number of hydrogen-bond acceptors (Lipinski definition) is 6. The molecule has 1 saturated carbocycles. The summed E-state index contributed by atoms with van der Waals surface area (Å²) in [5.74, 6) is 6.93. The van der Waals surface area contributed by atoms with Gasteiger partial charge in [0.2, 0.25) is 0 Å². The largest absolute Gasteiger partial charge is 0.379 e. The van der Waals surface area contributed by atoms with Crippen LogP contribution in [0.5, 0.6) is 0 Å². The highest BCUT2D eigenvalue weighted by molar-refractivity contribution is 5.07. The standard InChI is InChI=1S/C14H26N6O/c1-19-13(16-11-17-19)10-12(18-15)14(4-2-3-5-14)20-6-8-21-9-7-20/h11-12,18H,2-10,15H2,1H3. The van der Waals surface area contributed by atoms with Crippen LogP contribution < -0.4 is 11.3 Å². The van der Waals surface area contributed by atoms with E-state index in [9.17, 15) is 0 Å². The number of hydrogen-bond donors (Lipinski definition) is 2. The fourth-order valence-electron chi connectivity index (χ4n) is 3.97. The number of nitrogens with zero attached hydrogens (tertiary/aromatic N) is 4. The molecule has 1 atom stereocenters. The van der Waals surface area contributed by atoms with Crippen LogP contribution in [0.25, 0.3) is 0 Å². The Bertz CT molecular complexity index is 450. The highest BCUT2D eigenvalue weighted by Crippen LogP contribution is 2.39. The number of rotatable bonds is 5. The average Bonchev–Trinajstić information content (AvgIpc) is 3.16. The normalized spacial score (nSPS) is 24.3. The highest BCUT2D eigenvalue weighted by Gasteiger charge is 2.46. The molecule has 0 spiro atoms. The Kier molecular flexibility index (Phi) is 4.54. The number of ether oxygens (including phenoxy) is 1. The maximum atomic E-state index is 5.95. The van der Waals surface area contributed by atoms with Crippen LogP contribution in [-0.2, 0) is 18.2 Å². The molecule has 1 aliphatic carbocycles. The highest BCUT2D eigenvalue weighted by atomic mass is 16.5. The molecular weight excluding hydrogens is 268 g/mol. The average molecular weight is 294 g/mol. The van der Waals surface area contributed by atoms with Crippen molar-refractivity contribution in [3.05, 3.63) is 12.2 Å². The summed E-state index contributed by atoms with van der Waals surface area (Å²) in [5, 5.41) is 4.17. The van der Waals surface area contributed by atoms with Crippen LogP contribution in [0, 0.1) is 0 Å². The van der Waals surface area contributed by atoms with Crippen molar-refractivity contribution < 1.29 is 4.74 Å². The molecule has 7 heteroatoms. The first-order chi connectivity index (χ1) is 10.3. The first kappa shape index (κ1) is 14.9. The molecule has 21 heavy (non-hydrogen) atoms. The van der Waals surface area contributed by atoms with E-state index in [1.54, 1.807) is 6.33 Å². The van der Waals surface area contributed by atoms with Crippen molar-refractivity contribution in [2.75, 3.05) is 26.3 Å². The lowest BCUT2D eigenvalue weighted by Gasteiger charge is -2.48. The van der Waals surface area contributed by atoms with Gasteiger partial charge >= 0.3 is 0 Å². The van der Waals surface area contributed by atoms with E-state index in [4.69, 9.17) is 10.6 Å². The molecular formula is C14H26N6O. The Morgan fingerprint density at radius 1 is 1.38 bits per heavy atom. The molecule has 0 amide bonds. The number of aromatic nitrogens is 3. The molecule has 1 aromatic rings. The third-order valence-electron chi connectivity index (χ3n) is 5.15. The van der Waals surface area contributed by atoms with E-state index in [0.717, 1.165) is 38.5 Å². The van der Waals surface area contributed by atoms with Crippen LogP contribution in [0.15, 0.2) is 6.33 Å². The van der Waals surface area contributed by atoms with Gasteiger partial charge in [0.1, 0.15) is 12.2 Å². The van der Waals surface area contributed by atoms with E-state index in [0.29, 0.717) is 0 Å². The van der Waals surface area contributed by atoms with Crippen molar-refractivity contribution >= 4 is 0 Å². The zero-order valence-corrected chi connectivity index (χ0v) is 12.8. The minimum Gasteiger partial charge on any atom is -0.379 e. The summed E-state index contributed by atoms with van der Waals surface area (Å²) in [6.45, 7) is 3.64. The summed E-state index contributed by atoms with van der Waals surface area (Å²) < 4.78 is 7.36. The molecule has 2 aliphatic rings. The summed E-state index contributed by atoms with van der Waals surface area (Å²) >= 11 is 0. The molecule has 3 rings (SSSR count). The predicted octanol–water partition coefficient (Wildman–Crippen LogP) is -0.165. The predicted molar refractivity (Wildman–Crippen MR) is 79.4 cm³/mol. The van der Waals surface area contributed by atoms with Gasteiger partial charge in [0.15, 0.2) is 0 Å². The Labute approximate surface area is 125 Å². The second-order valence-electron chi connectivity index (χ2n) is 6.13. The first-order valence-corrected chi connectivity index (χ1v) is 7.88. The zero-order valence-electron chi connectivity index (χ0n) is 12.8. The van der Waals surface area contributed by atoms with Crippen molar-refractivity contribution in [2.45, 2.75) is 43.7 Å². The van der Waals surface area contributed by atoms with E-state index >= 15 is 0 Å².